The van der Waals surface area contributed by atoms with Gasteiger partial charge in [0.2, 0.25) is 0 Å². The molecule has 0 saturated heterocycles. The van der Waals surface area contributed by atoms with Crippen LogP contribution in [0.3, 0.4) is 0 Å². The highest BCUT2D eigenvalue weighted by molar-refractivity contribution is 9.10. The van der Waals surface area contributed by atoms with Gasteiger partial charge in [-0.1, -0.05) is 12.1 Å². The minimum absolute atomic E-state index is 0.292. The summed E-state index contributed by atoms with van der Waals surface area (Å²) in [5.41, 5.74) is 0.0785. The summed E-state index contributed by atoms with van der Waals surface area (Å²) in [6.07, 6.45) is 0.523. The predicted octanol–water partition coefficient (Wildman–Crippen LogP) is 3.18. The number of carboxylic acids is 1. The van der Waals surface area contributed by atoms with E-state index >= 15 is 0 Å². The highest BCUT2D eigenvalue weighted by Gasteiger charge is 2.26. The number of aliphatic carboxylic acids is 1. The lowest BCUT2D eigenvalue weighted by Crippen LogP contribution is -2.28. The van der Waals surface area contributed by atoms with Gasteiger partial charge in [0, 0.05) is 6.54 Å². The maximum absolute atomic E-state index is 13.2. The first-order valence-electron chi connectivity index (χ1n) is 5.71. The molecule has 0 fully saturated rings. The van der Waals surface area contributed by atoms with Crippen LogP contribution in [0.2, 0.25) is 0 Å². The van der Waals surface area contributed by atoms with E-state index in [2.05, 4.69) is 21.2 Å². The van der Waals surface area contributed by atoms with E-state index in [9.17, 15) is 9.18 Å². The first-order valence-corrected chi connectivity index (χ1v) is 6.51. The van der Waals surface area contributed by atoms with E-state index < -0.39 is 11.4 Å². The van der Waals surface area contributed by atoms with Gasteiger partial charge in [-0.25, -0.2) is 4.39 Å². The second-order valence-electron chi connectivity index (χ2n) is 4.83. The molecular formula is C13H17BrFNO2. The van der Waals surface area contributed by atoms with Crippen LogP contribution in [0, 0.1) is 11.2 Å². The molecule has 1 aromatic rings. The van der Waals surface area contributed by atoms with Crippen LogP contribution in [-0.4, -0.2) is 17.6 Å². The molecule has 0 spiro atoms. The van der Waals surface area contributed by atoms with E-state index in [0.717, 1.165) is 5.56 Å². The maximum atomic E-state index is 13.2. The summed E-state index contributed by atoms with van der Waals surface area (Å²) in [6.45, 7) is 4.46. The van der Waals surface area contributed by atoms with E-state index in [0.29, 0.717) is 24.0 Å². The summed E-state index contributed by atoms with van der Waals surface area (Å²) >= 11 is 3.19. The minimum Gasteiger partial charge on any atom is -0.481 e. The second-order valence-corrected chi connectivity index (χ2v) is 5.62. The van der Waals surface area contributed by atoms with Crippen molar-refractivity contribution in [3.05, 3.63) is 34.1 Å². The van der Waals surface area contributed by atoms with Crippen LogP contribution in [0.1, 0.15) is 25.8 Å². The molecule has 0 aromatic heterocycles. The Morgan fingerprint density at radius 2 is 2.17 bits per heavy atom. The molecule has 0 aliphatic rings. The van der Waals surface area contributed by atoms with Crippen LogP contribution in [0.5, 0.6) is 0 Å². The van der Waals surface area contributed by atoms with Crippen molar-refractivity contribution in [2.24, 2.45) is 5.41 Å². The third-order valence-corrected chi connectivity index (χ3v) is 3.74. The predicted molar refractivity (Wildman–Crippen MR) is 71.8 cm³/mol. The van der Waals surface area contributed by atoms with E-state index in [1.165, 1.54) is 6.07 Å². The van der Waals surface area contributed by atoms with Gasteiger partial charge in [0.15, 0.2) is 0 Å². The Hall–Kier alpha value is -0.940. The zero-order chi connectivity index (χ0) is 13.8. The van der Waals surface area contributed by atoms with Gasteiger partial charge < -0.3 is 10.4 Å². The van der Waals surface area contributed by atoms with Gasteiger partial charge in [0.25, 0.3) is 0 Å². The van der Waals surface area contributed by atoms with E-state index in [4.69, 9.17) is 5.11 Å². The van der Waals surface area contributed by atoms with Gasteiger partial charge in [-0.15, -0.1) is 0 Å². The van der Waals surface area contributed by atoms with Gasteiger partial charge in [0.1, 0.15) is 5.82 Å². The molecule has 2 N–H and O–H groups in total. The molecule has 0 radical (unpaired) electrons. The fourth-order valence-electron chi connectivity index (χ4n) is 1.42. The van der Waals surface area contributed by atoms with Crippen LogP contribution in [0.25, 0.3) is 0 Å². The summed E-state index contributed by atoms with van der Waals surface area (Å²) in [5.74, 6) is -1.10. The van der Waals surface area contributed by atoms with Crippen molar-refractivity contribution >= 4 is 21.9 Å². The van der Waals surface area contributed by atoms with Gasteiger partial charge in [0.05, 0.1) is 9.89 Å². The van der Waals surface area contributed by atoms with E-state index in [1.807, 2.05) is 6.07 Å². The summed E-state index contributed by atoms with van der Waals surface area (Å²) in [6, 6.07) is 4.86. The van der Waals surface area contributed by atoms with Crippen LogP contribution in [0.4, 0.5) is 4.39 Å². The quantitative estimate of drug-likeness (QED) is 0.792. The number of halogens is 2. The molecular weight excluding hydrogens is 301 g/mol. The molecule has 18 heavy (non-hydrogen) atoms. The van der Waals surface area contributed by atoms with Crippen molar-refractivity contribution in [2.75, 3.05) is 6.54 Å². The first kappa shape index (κ1) is 15.1. The molecule has 100 valence electrons. The average molecular weight is 318 g/mol. The second kappa shape index (κ2) is 6.29. The van der Waals surface area contributed by atoms with Crippen molar-refractivity contribution in [1.29, 1.82) is 0 Å². The highest BCUT2D eigenvalue weighted by atomic mass is 79.9. The highest BCUT2D eigenvalue weighted by Crippen LogP contribution is 2.21. The number of carboxylic acid groups (broad SMARTS) is 1. The molecule has 0 amide bonds. The Balaban J connectivity index is 2.43. The Bertz CT molecular complexity index is 435. The summed E-state index contributed by atoms with van der Waals surface area (Å²) in [4.78, 5) is 10.9. The number of hydrogen-bond acceptors (Lipinski definition) is 2. The average Bonchev–Trinajstić information content (AvgIpc) is 2.29. The van der Waals surface area contributed by atoms with Gasteiger partial charge in [-0.2, -0.15) is 0 Å². The molecule has 1 rings (SSSR count). The van der Waals surface area contributed by atoms with Crippen LogP contribution in [0.15, 0.2) is 22.7 Å². The number of benzene rings is 1. The van der Waals surface area contributed by atoms with Gasteiger partial charge >= 0.3 is 5.97 Å². The largest absolute Gasteiger partial charge is 0.481 e. The summed E-state index contributed by atoms with van der Waals surface area (Å²) in [5, 5.41) is 12.1. The van der Waals surface area contributed by atoms with Crippen molar-refractivity contribution in [1.82, 2.24) is 5.32 Å². The Labute approximate surface area is 115 Å². The van der Waals surface area contributed by atoms with Gasteiger partial charge in [-0.05, 0) is 54.4 Å². The van der Waals surface area contributed by atoms with E-state index in [-0.39, 0.29) is 5.82 Å². The topological polar surface area (TPSA) is 49.3 Å². The zero-order valence-corrected chi connectivity index (χ0v) is 12.1. The minimum atomic E-state index is -0.809. The van der Waals surface area contributed by atoms with Crippen LogP contribution in [-0.2, 0) is 11.3 Å². The normalized spacial score (nSPS) is 11.6. The molecule has 1 aromatic carbocycles. The molecule has 3 nitrogen and oxygen atoms in total. The number of hydrogen-bond donors (Lipinski definition) is 2. The lowest BCUT2D eigenvalue weighted by Gasteiger charge is -2.19. The fourth-order valence-corrected chi connectivity index (χ4v) is 1.82. The van der Waals surface area contributed by atoms with Crippen molar-refractivity contribution in [2.45, 2.75) is 26.8 Å². The standard InChI is InChI=1S/C13H17BrFNO2/c1-13(2,12(17)18)6-7-16-8-9-4-3-5-10(15)11(9)14/h3-5,16H,6-8H2,1-2H3,(H,17,18). The van der Waals surface area contributed by atoms with Crippen molar-refractivity contribution in [3.8, 4) is 0 Å². The Morgan fingerprint density at radius 3 is 2.78 bits per heavy atom. The lowest BCUT2D eigenvalue weighted by molar-refractivity contribution is -0.147. The van der Waals surface area contributed by atoms with Gasteiger partial charge in [-0.3, -0.25) is 4.79 Å². The van der Waals surface area contributed by atoms with E-state index in [1.54, 1.807) is 19.9 Å². The third kappa shape index (κ3) is 4.07. The molecule has 0 saturated carbocycles. The molecule has 0 atom stereocenters. The molecule has 0 aliphatic heterocycles. The zero-order valence-electron chi connectivity index (χ0n) is 10.5. The molecule has 0 bridgehead atoms. The summed E-state index contributed by atoms with van der Waals surface area (Å²) < 4.78 is 13.7. The first-order chi connectivity index (χ1) is 8.34. The molecule has 0 unspecified atom stereocenters. The third-order valence-electron chi connectivity index (χ3n) is 2.85. The van der Waals surface area contributed by atoms with Crippen LogP contribution < -0.4 is 5.32 Å². The van der Waals surface area contributed by atoms with Crippen molar-refractivity contribution < 1.29 is 14.3 Å². The number of nitrogens with one attached hydrogen (secondary N) is 1. The molecule has 0 aliphatic carbocycles. The maximum Gasteiger partial charge on any atom is 0.309 e. The number of rotatable bonds is 6. The lowest BCUT2D eigenvalue weighted by atomic mass is 9.90. The smallest absolute Gasteiger partial charge is 0.309 e. The SMILES string of the molecule is CC(C)(CCNCc1cccc(F)c1Br)C(=O)O. The van der Waals surface area contributed by atoms with Crippen molar-refractivity contribution in [3.63, 3.8) is 0 Å². The Kier molecular flexibility index (Phi) is 5.28. The fraction of sp³-hybridized carbons (Fsp3) is 0.462. The monoisotopic (exact) mass is 317 g/mol. The van der Waals surface area contributed by atoms with Crippen LogP contribution >= 0.6 is 15.9 Å². The number of carbonyl (C=O) groups is 1. The summed E-state index contributed by atoms with van der Waals surface area (Å²) in [7, 11) is 0. The molecule has 5 heteroatoms. The molecule has 0 heterocycles. The Morgan fingerprint density at radius 1 is 1.50 bits per heavy atom.